The van der Waals surface area contributed by atoms with E-state index in [1.165, 1.54) is 60.4 Å². The topological polar surface area (TPSA) is 9.23 Å². The molecular formula is C43H31OP. The highest BCUT2D eigenvalue weighted by Crippen LogP contribution is 2.62. The van der Waals surface area contributed by atoms with Crippen molar-refractivity contribution in [1.29, 1.82) is 0 Å². The molecule has 9 rings (SSSR count). The van der Waals surface area contributed by atoms with Gasteiger partial charge in [-0.1, -0.05) is 146 Å². The quantitative estimate of drug-likeness (QED) is 0.184. The molecule has 0 radical (unpaired) electrons. The molecule has 6 aromatic carbocycles. The van der Waals surface area contributed by atoms with Crippen molar-refractivity contribution in [3.05, 3.63) is 191 Å². The Morgan fingerprint density at radius 2 is 1.13 bits per heavy atom. The molecule has 1 heterocycles. The third kappa shape index (κ3) is 4.04. The second-order valence-electron chi connectivity index (χ2n) is 12.0. The Kier molecular flexibility index (Phi) is 6.22. The van der Waals surface area contributed by atoms with Gasteiger partial charge in [0.1, 0.15) is 11.5 Å². The molecule has 0 amide bonds. The van der Waals surface area contributed by atoms with Gasteiger partial charge in [-0.05, 0) is 88.3 Å². The molecule has 0 bridgehead atoms. The maximum absolute atomic E-state index is 6.78. The average molecular weight is 595 g/mol. The molecule has 0 aromatic heterocycles. The largest absolute Gasteiger partial charge is 0.457 e. The van der Waals surface area contributed by atoms with E-state index in [-0.39, 0.29) is 0 Å². The normalized spacial score (nSPS) is 15.7. The predicted molar refractivity (Wildman–Crippen MR) is 188 cm³/mol. The Hall–Kier alpha value is -4.97. The Morgan fingerprint density at radius 3 is 1.89 bits per heavy atom. The van der Waals surface area contributed by atoms with E-state index < -0.39 is 13.3 Å². The van der Waals surface area contributed by atoms with Crippen molar-refractivity contribution >= 4 is 18.5 Å². The van der Waals surface area contributed by atoms with Gasteiger partial charge in [-0.15, -0.1) is 0 Å². The van der Waals surface area contributed by atoms with Crippen LogP contribution >= 0.6 is 7.92 Å². The summed E-state index contributed by atoms with van der Waals surface area (Å²) < 4.78 is 6.78. The molecule has 1 aliphatic heterocycles. The number of ether oxygens (including phenoxy) is 1. The maximum atomic E-state index is 6.78. The van der Waals surface area contributed by atoms with Crippen LogP contribution in [0.3, 0.4) is 0 Å². The second kappa shape index (κ2) is 10.6. The van der Waals surface area contributed by atoms with Crippen molar-refractivity contribution < 1.29 is 4.74 Å². The van der Waals surface area contributed by atoms with E-state index >= 15 is 0 Å². The summed E-state index contributed by atoms with van der Waals surface area (Å²) >= 11 is 0. The lowest BCUT2D eigenvalue weighted by atomic mass is 9.66. The van der Waals surface area contributed by atoms with Crippen LogP contribution in [0.2, 0.25) is 0 Å². The minimum Gasteiger partial charge on any atom is -0.457 e. The number of benzene rings is 6. The van der Waals surface area contributed by atoms with Crippen LogP contribution < -0.4 is 15.3 Å². The van der Waals surface area contributed by atoms with E-state index in [0.29, 0.717) is 0 Å². The van der Waals surface area contributed by atoms with Crippen LogP contribution in [0.4, 0.5) is 0 Å². The monoisotopic (exact) mass is 594 g/mol. The SMILES string of the molecule is C1=CC(P(c2ccccc2)c2cccc(-c3ccc4c(c3)Oc3ccccc3C43c4ccccc4-c4ccccc43)c2)=CCC1. The van der Waals surface area contributed by atoms with Crippen LogP contribution in [-0.4, -0.2) is 0 Å². The van der Waals surface area contributed by atoms with Gasteiger partial charge in [0.15, 0.2) is 0 Å². The van der Waals surface area contributed by atoms with Gasteiger partial charge in [-0.3, -0.25) is 0 Å². The minimum absolute atomic E-state index is 0.431. The summed E-state index contributed by atoms with van der Waals surface area (Å²) in [5.74, 6) is 1.84. The van der Waals surface area contributed by atoms with Gasteiger partial charge >= 0.3 is 0 Å². The molecule has 1 spiro atoms. The summed E-state index contributed by atoms with van der Waals surface area (Å²) in [6, 6.07) is 53.4. The average Bonchev–Trinajstić information content (AvgIpc) is 3.40. The fourth-order valence-corrected chi connectivity index (χ4v) is 10.1. The van der Waals surface area contributed by atoms with Gasteiger partial charge < -0.3 is 4.74 Å². The first-order valence-electron chi connectivity index (χ1n) is 15.8. The minimum atomic E-state index is -0.647. The lowest BCUT2D eigenvalue weighted by Crippen LogP contribution is -2.32. The van der Waals surface area contributed by atoms with Crippen LogP contribution in [0.5, 0.6) is 11.5 Å². The number of hydrogen-bond acceptors (Lipinski definition) is 1. The van der Waals surface area contributed by atoms with Crippen LogP contribution in [0.15, 0.2) is 169 Å². The highest BCUT2D eigenvalue weighted by molar-refractivity contribution is 7.77. The van der Waals surface area contributed by atoms with Gasteiger partial charge in [0, 0.05) is 11.1 Å². The van der Waals surface area contributed by atoms with E-state index in [2.05, 4.69) is 164 Å². The highest BCUT2D eigenvalue weighted by Gasteiger charge is 2.50. The van der Waals surface area contributed by atoms with Gasteiger partial charge in [-0.2, -0.15) is 0 Å². The van der Waals surface area contributed by atoms with Crippen molar-refractivity contribution in [2.45, 2.75) is 18.3 Å². The summed E-state index contributed by atoms with van der Waals surface area (Å²) in [5.41, 5.74) is 9.58. The third-order valence-corrected chi connectivity index (χ3v) is 12.0. The fourth-order valence-electron chi connectivity index (χ4n) is 7.65. The number of fused-ring (bicyclic) bond motifs is 9. The first kappa shape index (κ1) is 26.4. The Balaban J connectivity index is 1.21. The summed E-state index contributed by atoms with van der Waals surface area (Å²) in [4.78, 5) is 0. The molecule has 1 nitrogen and oxygen atoms in total. The first-order chi connectivity index (χ1) is 22.3. The summed E-state index contributed by atoms with van der Waals surface area (Å²) in [6.45, 7) is 0. The Labute approximate surface area is 265 Å². The number of rotatable bonds is 4. The van der Waals surface area contributed by atoms with E-state index in [4.69, 9.17) is 4.74 Å². The van der Waals surface area contributed by atoms with Gasteiger partial charge in [0.25, 0.3) is 0 Å². The van der Waals surface area contributed by atoms with Crippen molar-refractivity contribution in [3.8, 4) is 33.8 Å². The summed E-state index contributed by atoms with van der Waals surface area (Å²) in [5, 5.41) is 4.18. The molecular weight excluding hydrogens is 563 g/mol. The molecule has 2 heteroatoms. The lowest BCUT2D eigenvalue weighted by Gasteiger charge is -2.39. The third-order valence-electron chi connectivity index (χ3n) is 9.53. The standard InChI is InChI=1S/C43H31OP/c1-3-15-32(16-4-1)45(33-17-5-2-6-18-33)34-19-13-14-30(28-34)31-26-27-40-42(29-31)44-41-25-12-11-24-39(41)43(40)37-22-9-7-20-35(37)36-21-8-10-23-38(36)43/h1,3-5,7-29H,2,6H2. The number of allylic oxidation sites excluding steroid dienone is 4. The highest BCUT2D eigenvalue weighted by atomic mass is 31.1. The Bertz CT molecular complexity index is 2110. The van der Waals surface area contributed by atoms with E-state index in [1.807, 2.05) is 0 Å². The molecule has 2 aliphatic carbocycles. The van der Waals surface area contributed by atoms with Crippen molar-refractivity contribution in [2.75, 3.05) is 0 Å². The van der Waals surface area contributed by atoms with E-state index in [9.17, 15) is 0 Å². The molecule has 0 saturated carbocycles. The number of hydrogen-bond donors (Lipinski definition) is 0. The second-order valence-corrected chi connectivity index (χ2v) is 14.2. The van der Waals surface area contributed by atoms with Crippen LogP contribution in [0.1, 0.15) is 35.1 Å². The van der Waals surface area contributed by atoms with Crippen molar-refractivity contribution in [1.82, 2.24) is 0 Å². The molecule has 3 aliphatic rings. The molecule has 6 aromatic rings. The van der Waals surface area contributed by atoms with Crippen LogP contribution in [0, 0.1) is 0 Å². The fraction of sp³-hybridized carbons (Fsp3) is 0.0698. The lowest BCUT2D eigenvalue weighted by molar-refractivity contribution is 0.436. The molecule has 1 unspecified atom stereocenters. The molecule has 1 atom stereocenters. The summed E-state index contributed by atoms with van der Waals surface area (Å²) in [6.07, 6.45) is 9.33. The molecule has 214 valence electrons. The van der Waals surface area contributed by atoms with E-state index in [0.717, 1.165) is 24.3 Å². The smallest absolute Gasteiger partial charge is 0.132 e. The molecule has 45 heavy (non-hydrogen) atoms. The Morgan fingerprint density at radius 1 is 0.489 bits per heavy atom. The van der Waals surface area contributed by atoms with Gasteiger partial charge in [0.05, 0.1) is 5.41 Å². The number of para-hydroxylation sites is 1. The van der Waals surface area contributed by atoms with Crippen molar-refractivity contribution in [3.63, 3.8) is 0 Å². The van der Waals surface area contributed by atoms with E-state index in [1.54, 1.807) is 0 Å². The maximum Gasteiger partial charge on any atom is 0.132 e. The van der Waals surface area contributed by atoms with Gasteiger partial charge in [0.2, 0.25) is 0 Å². The van der Waals surface area contributed by atoms with Crippen molar-refractivity contribution in [2.24, 2.45) is 0 Å². The zero-order chi connectivity index (χ0) is 29.8. The van der Waals surface area contributed by atoms with Crippen LogP contribution in [-0.2, 0) is 5.41 Å². The molecule has 0 fully saturated rings. The molecule has 0 N–H and O–H groups in total. The zero-order valence-corrected chi connectivity index (χ0v) is 25.8. The first-order valence-corrected chi connectivity index (χ1v) is 17.1. The summed E-state index contributed by atoms with van der Waals surface area (Å²) in [7, 11) is -0.647. The van der Waals surface area contributed by atoms with Gasteiger partial charge in [-0.25, -0.2) is 0 Å². The predicted octanol–water partition coefficient (Wildman–Crippen LogP) is 10.5. The molecule has 0 saturated heterocycles. The van der Waals surface area contributed by atoms with Crippen LogP contribution in [0.25, 0.3) is 22.3 Å². The zero-order valence-electron chi connectivity index (χ0n) is 24.9.